The molecule has 2 fully saturated rings. The van der Waals surface area contributed by atoms with Gasteiger partial charge in [0.1, 0.15) is 23.2 Å². The summed E-state index contributed by atoms with van der Waals surface area (Å²) in [7, 11) is 6.04. The van der Waals surface area contributed by atoms with Crippen LogP contribution in [0.2, 0.25) is 0 Å². The Morgan fingerprint density at radius 2 is 1.57 bits per heavy atom. The number of nitrogens with zero attached hydrogens (tertiary/aromatic N) is 6. The highest BCUT2D eigenvalue weighted by atomic mass is 79.9. The molecule has 4 aliphatic rings. The highest BCUT2D eigenvalue weighted by molar-refractivity contribution is 9.12. The Labute approximate surface area is 339 Å². The normalized spacial score (nSPS) is 16.3. The Balaban J connectivity index is -0.000000275. The van der Waals surface area contributed by atoms with Crippen LogP contribution >= 0.6 is 39.9 Å². The van der Waals surface area contributed by atoms with Gasteiger partial charge < -0.3 is 48.6 Å². The van der Waals surface area contributed by atoms with Crippen molar-refractivity contribution in [2.24, 2.45) is 22.2 Å². The van der Waals surface area contributed by atoms with E-state index in [9.17, 15) is 24.0 Å². The van der Waals surface area contributed by atoms with Crippen LogP contribution < -0.4 is 39.3 Å². The zero-order valence-corrected chi connectivity index (χ0v) is 35.5. The van der Waals surface area contributed by atoms with Crippen molar-refractivity contribution in [3.63, 3.8) is 0 Å². The largest absolute Gasteiger partial charge is 0.465 e. The standard InChI is InChI=1S/C8H11N3O.C5H11N3.C5H10N2O.C4H5BrO.C4H7ClO2.C4H8N2O.C2H8N2.ClH.H3N/c1-10-2-3-11-4-7(6-12)9-8(11)5-10;1-8-3-2-7-5(6)4-8;1-7-3-2-6-5(8)4-7;1-2-4(5)3-6;1-2-7-4(6)3-5;7-4-3-5-1-2-6-4;3-1-2-4;;/h4,6H,2-3,5H2,1H3;2-4H2,1H3,(H2,6,7);2-4H2,1H3,(H,6,8);2-3H,1H3;2-3H2,1H3;5H,1-3H2,(H,6,7);1-4H2;1H;1H3/b;;;4-2+;;;;;. The number of carbonyl (C=O) groups excluding carboxylic acids is 5. The number of amides is 2. The number of esters is 1. The number of carbonyl (C=O) groups is 5. The molecule has 0 unspecified atom stereocenters. The van der Waals surface area contributed by atoms with Crippen molar-refractivity contribution < 1.29 is 28.7 Å². The molecule has 314 valence electrons. The van der Waals surface area contributed by atoms with E-state index in [0.29, 0.717) is 43.0 Å². The number of hydrogen-bond donors (Lipinski definition) is 7. The van der Waals surface area contributed by atoms with Crippen molar-refractivity contribution in [3.8, 4) is 0 Å². The lowest BCUT2D eigenvalue weighted by atomic mass is 10.4. The van der Waals surface area contributed by atoms with Gasteiger partial charge in [-0.25, -0.2) is 4.98 Å². The SMILES string of the molecule is C/C=C(/Br)C=O.CCOC(=O)CCl.CN1CCN=C(N)C1.CN1CCNC(=O)C1.CN1CCn2cc(C=O)nc2C1.Cl.N.NCCN.O=C1CNCCN1. The van der Waals surface area contributed by atoms with E-state index in [1.165, 1.54) is 0 Å². The fourth-order valence-corrected chi connectivity index (χ4v) is 3.89. The van der Waals surface area contributed by atoms with Gasteiger partial charge >= 0.3 is 5.97 Å². The number of aldehydes is 2. The lowest BCUT2D eigenvalue weighted by molar-refractivity contribution is -0.140. The Bertz CT molecular complexity index is 1210. The van der Waals surface area contributed by atoms with Crippen molar-refractivity contribution in [3.05, 3.63) is 28.3 Å². The zero-order valence-electron chi connectivity index (χ0n) is 32.4. The van der Waals surface area contributed by atoms with Crippen LogP contribution in [0.25, 0.3) is 0 Å². The molecule has 54 heavy (non-hydrogen) atoms. The molecule has 0 radical (unpaired) electrons. The minimum atomic E-state index is -0.357. The van der Waals surface area contributed by atoms with Crippen LogP contribution in [0.4, 0.5) is 0 Å². The third kappa shape index (κ3) is 33.5. The summed E-state index contributed by atoms with van der Waals surface area (Å²) in [5.74, 6) is 1.59. The fraction of sp³-hybridized carbons (Fsp3) is 0.656. The molecule has 0 spiro atoms. The van der Waals surface area contributed by atoms with E-state index in [-0.39, 0.29) is 42.2 Å². The second kappa shape index (κ2) is 38.2. The number of likely N-dealkylation sites (N-methyl/N-ethyl adjacent to an activating group) is 3. The summed E-state index contributed by atoms with van der Waals surface area (Å²) >= 11 is 8.02. The maximum Gasteiger partial charge on any atom is 0.320 e. The number of aliphatic imine (C=N–C) groups is 1. The van der Waals surface area contributed by atoms with E-state index >= 15 is 0 Å². The molecule has 19 nitrogen and oxygen atoms in total. The summed E-state index contributed by atoms with van der Waals surface area (Å²) in [5.41, 5.74) is 15.8. The Morgan fingerprint density at radius 1 is 0.963 bits per heavy atom. The van der Waals surface area contributed by atoms with Crippen molar-refractivity contribution >= 4 is 76.1 Å². The quantitative estimate of drug-likeness (QED) is 0.0804. The summed E-state index contributed by atoms with van der Waals surface area (Å²) in [4.78, 5) is 65.5. The van der Waals surface area contributed by atoms with Gasteiger partial charge in [-0.1, -0.05) is 6.08 Å². The molecule has 1 aromatic rings. The maximum atomic E-state index is 10.5. The molecule has 0 aliphatic carbocycles. The number of nitrogens with two attached hydrogens (primary N) is 3. The van der Waals surface area contributed by atoms with Crippen molar-refractivity contribution in [1.29, 1.82) is 0 Å². The van der Waals surface area contributed by atoms with E-state index in [0.717, 1.165) is 89.7 Å². The van der Waals surface area contributed by atoms with Crippen molar-refractivity contribution in [2.75, 3.05) is 112 Å². The van der Waals surface area contributed by atoms with Crippen LogP contribution in [0, 0.1) is 0 Å². The number of rotatable bonds is 5. The summed E-state index contributed by atoms with van der Waals surface area (Å²) in [6.45, 7) is 15.2. The van der Waals surface area contributed by atoms with E-state index in [1.807, 2.05) is 29.8 Å². The molecule has 0 atom stereocenters. The lowest BCUT2D eigenvalue weighted by Gasteiger charge is -2.22. The predicted octanol–water partition coefficient (Wildman–Crippen LogP) is -1.06. The predicted molar refractivity (Wildman–Crippen MR) is 221 cm³/mol. The number of halogens is 3. The average molecular weight is 878 g/mol. The molecule has 2 amide bonds. The van der Waals surface area contributed by atoms with Crippen LogP contribution in [0.1, 0.15) is 30.2 Å². The number of ether oxygens (including phenoxy) is 1. The number of fused-ring (bicyclic) bond motifs is 1. The molecule has 1 aromatic heterocycles. The summed E-state index contributed by atoms with van der Waals surface area (Å²) in [6.07, 6.45) is 5.05. The number of aromatic nitrogens is 2. The molecule has 4 aliphatic heterocycles. The van der Waals surface area contributed by atoms with Crippen molar-refractivity contribution in [2.45, 2.75) is 26.9 Å². The van der Waals surface area contributed by atoms with Gasteiger partial charge in [-0.05, 0) is 50.9 Å². The first-order chi connectivity index (χ1) is 24.8. The van der Waals surface area contributed by atoms with Crippen LogP contribution in [-0.2, 0) is 37.0 Å². The van der Waals surface area contributed by atoms with Gasteiger partial charge in [-0.3, -0.25) is 43.7 Å². The molecule has 0 bridgehead atoms. The highest BCUT2D eigenvalue weighted by Gasteiger charge is 2.15. The number of hydrogen-bond acceptors (Lipinski definition) is 16. The van der Waals surface area contributed by atoms with Gasteiger partial charge in [0.05, 0.1) is 43.8 Å². The lowest BCUT2D eigenvalue weighted by Crippen LogP contribution is -2.45. The number of nitrogens with one attached hydrogen (secondary N) is 3. The number of imidazole rings is 1. The van der Waals surface area contributed by atoms with E-state index < -0.39 is 0 Å². The molecule has 22 heteroatoms. The number of alkyl halides is 1. The maximum absolute atomic E-state index is 10.5. The van der Waals surface area contributed by atoms with E-state index in [1.54, 1.807) is 19.9 Å². The van der Waals surface area contributed by atoms with Crippen molar-refractivity contribution in [1.82, 2.24) is 46.4 Å². The van der Waals surface area contributed by atoms with Gasteiger partial charge in [0.25, 0.3) is 0 Å². The number of allylic oxidation sites excluding steroid dienone is 2. The molecular weight excluding hydrogens is 813 g/mol. The minimum Gasteiger partial charge on any atom is -0.465 e. The van der Waals surface area contributed by atoms with Crippen LogP contribution in [0.3, 0.4) is 0 Å². The smallest absolute Gasteiger partial charge is 0.320 e. The third-order valence-electron chi connectivity index (χ3n) is 6.47. The number of piperazine rings is 2. The van der Waals surface area contributed by atoms with Gasteiger partial charge in [0, 0.05) is 65.1 Å². The summed E-state index contributed by atoms with van der Waals surface area (Å²) < 4.78 is 7.07. The minimum absolute atomic E-state index is 0. The van der Waals surface area contributed by atoms with E-state index in [4.69, 9.17) is 28.8 Å². The van der Waals surface area contributed by atoms with Gasteiger partial charge in [0.15, 0.2) is 12.6 Å². The Hall–Kier alpha value is -3.05. The van der Waals surface area contributed by atoms with Crippen LogP contribution in [0.5, 0.6) is 0 Å². The van der Waals surface area contributed by atoms with Gasteiger partial charge in [-0.15, -0.1) is 24.0 Å². The Morgan fingerprint density at radius 3 is 1.91 bits per heavy atom. The molecular formula is C32H64BrCl2N13O6. The van der Waals surface area contributed by atoms with Crippen LogP contribution in [0.15, 0.2) is 21.7 Å². The topological polar surface area (TPSA) is 284 Å². The van der Waals surface area contributed by atoms with Crippen LogP contribution in [-0.4, -0.2) is 173 Å². The zero-order chi connectivity index (χ0) is 39.7. The molecule has 5 rings (SSSR count). The third-order valence-corrected chi connectivity index (χ3v) is 7.33. The first-order valence-corrected chi connectivity index (χ1v) is 18.1. The molecule has 5 heterocycles. The monoisotopic (exact) mass is 875 g/mol. The Kier molecular flexibility index (Phi) is 40.8. The molecule has 0 saturated carbocycles. The van der Waals surface area contributed by atoms with E-state index in [2.05, 4.69) is 63.4 Å². The first-order valence-electron chi connectivity index (χ1n) is 16.8. The average Bonchev–Trinajstić information content (AvgIpc) is 3.55. The summed E-state index contributed by atoms with van der Waals surface area (Å²) in [6, 6.07) is 0. The molecule has 2 saturated heterocycles. The highest BCUT2D eigenvalue weighted by Crippen LogP contribution is 2.09. The fourth-order valence-electron chi connectivity index (χ4n) is 3.81. The second-order valence-corrected chi connectivity index (χ2v) is 12.3. The molecule has 12 N–H and O–H groups in total. The van der Waals surface area contributed by atoms with Gasteiger partial charge in [0.2, 0.25) is 11.8 Å². The van der Waals surface area contributed by atoms with Gasteiger partial charge in [-0.2, -0.15) is 0 Å². The number of amidine groups is 1. The summed E-state index contributed by atoms with van der Waals surface area (Å²) in [5, 5.41) is 8.33. The first kappa shape index (κ1) is 57.7. The second-order valence-electron chi connectivity index (χ2n) is 11.2. The molecule has 0 aromatic carbocycles.